The van der Waals surface area contributed by atoms with Crippen LogP contribution < -0.4 is 5.32 Å². The number of methoxy groups -OCH3 is 1. The number of ether oxygens (including phenoxy) is 2. The van der Waals surface area contributed by atoms with Gasteiger partial charge in [-0.1, -0.05) is 0 Å². The Morgan fingerprint density at radius 1 is 1.55 bits per heavy atom. The second-order valence-corrected chi connectivity index (χ2v) is 2.68. The monoisotopic (exact) mass is 181 g/mol. The van der Waals surface area contributed by atoms with Crippen LogP contribution in [0.3, 0.4) is 0 Å². The van der Waals surface area contributed by atoms with E-state index in [1.165, 1.54) is 0 Å². The molecule has 0 saturated carbocycles. The van der Waals surface area contributed by atoms with Crippen LogP contribution in [0, 0.1) is 0 Å². The zero-order valence-corrected chi connectivity index (χ0v) is 7.82. The van der Waals surface area contributed by atoms with Crippen LogP contribution in [0.25, 0.3) is 0 Å². The van der Waals surface area contributed by atoms with Gasteiger partial charge in [-0.3, -0.25) is 0 Å². The lowest BCUT2D eigenvalue weighted by atomic mass is 10.2. The van der Waals surface area contributed by atoms with Gasteiger partial charge < -0.3 is 14.8 Å². The second-order valence-electron chi connectivity index (χ2n) is 2.68. The minimum absolute atomic E-state index is 0. The summed E-state index contributed by atoms with van der Waals surface area (Å²) in [7, 11) is 1.70. The highest BCUT2D eigenvalue weighted by atomic mass is 35.5. The highest BCUT2D eigenvalue weighted by Gasteiger charge is 2.17. The van der Waals surface area contributed by atoms with Gasteiger partial charge >= 0.3 is 0 Å². The third-order valence-corrected chi connectivity index (χ3v) is 1.58. The Labute approximate surface area is 73.9 Å². The van der Waals surface area contributed by atoms with E-state index < -0.39 is 0 Å². The Balaban J connectivity index is 0.000001000. The lowest BCUT2D eigenvalue weighted by molar-refractivity contribution is -0.0602. The van der Waals surface area contributed by atoms with E-state index in [-0.39, 0.29) is 18.5 Å². The van der Waals surface area contributed by atoms with Gasteiger partial charge in [-0.25, -0.2) is 0 Å². The molecule has 0 aromatic carbocycles. The molecule has 3 nitrogen and oxygen atoms in total. The second kappa shape index (κ2) is 5.77. The molecule has 0 aromatic rings. The molecule has 1 fully saturated rings. The highest BCUT2D eigenvalue weighted by molar-refractivity contribution is 5.85. The molecular weight excluding hydrogens is 166 g/mol. The molecule has 11 heavy (non-hydrogen) atoms. The first kappa shape index (κ1) is 11.2. The minimum atomic E-state index is 0. The van der Waals surface area contributed by atoms with Crippen LogP contribution in [0.5, 0.6) is 0 Å². The predicted molar refractivity (Wildman–Crippen MR) is 46.3 cm³/mol. The average molecular weight is 182 g/mol. The third-order valence-electron chi connectivity index (χ3n) is 1.58. The van der Waals surface area contributed by atoms with E-state index in [0.29, 0.717) is 12.7 Å². The molecule has 0 radical (unpaired) electrons. The first-order valence-electron chi connectivity index (χ1n) is 3.68. The molecule has 1 aliphatic heterocycles. The highest BCUT2D eigenvalue weighted by Crippen LogP contribution is 2.02. The van der Waals surface area contributed by atoms with Crippen molar-refractivity contribution in [2.45, 2.75) is 19.1 Å². The van der Waals surface area contributed by atoms with E-state index in [1.54, 1.807) is 7.11 Å². The molecule has 4 heteroatoms. The average Bonchev–Trinajstić information content (AvgIpc) is 1.88. The van der Waals surface area contributed by atoms with Crippen LogP contribution in [0.1, 0.15) is 6.92 Å². The summed E-state index contributed by atoms with van der Waals surface area (Å²) >= 11 is 0. The van der Waals surface area contributed by atoms with Gasteiger partial charge in [0.1, 0.15) is 0 Å². The molecule has 0 bridgehead atoms. The number of rotatable bonds is 2. The SMILES string of the molecule is COC[C@@H]1CNCC(C)O1.Cl. The normalized spacial score (nSPS) is 31.1. The molecule has 1 rings (SSSR count). The van der Waals surface area contributed by atoms with Crippen LogP contribution in [0.2, 0.25) is 0 Å². The molecule has 1 aliphatic rings. The van der Waals surface area contributed by atoms with Crippen LogP contribution in [0.4, 0.5) is 0 Å². The van der Waals surface area contributed by atoms with Gasteiger partial charge in [0, 0.05) is 20.2 Å². The van der Waals surface area contributed by atoms with E-state index in [9.17, 15) is 0 Å². The number of hydrogen-bond donors (Lipinski definition) is 1. The summed E-state index contributed by atoms with van der Waals surface area (Å²) in [6.45, 7) is 4.63. The summed E-state index contributed by atoms with van der Waals surface area (Å²) < 4.78 is 10.5. The maximum absolute atomic E-state index is 5.54. The van der Waals surface area contributed by atoms with E-state index >= 15 is 0 Å². The van der Waals surface area contributed by atoms with E-state index in [0.717, 1.165) is 13.1 Å². The fraction of sp³-hybridized carbons (Fsp3) is 1.00. The Hall–Kier alpha value is 0.170. The van der Waals surface area contributed by atoms with Crippen LogP contribution in [-0.4, -0.2) is 39.0 Å². The molecule has 1 unspecified atom stereocenters. The van der Waals surface area contributed by atoms with E-state index in [1.807, 2.05) is 0 Å². The van der Waals surface area contributed by atoms with Crippen molar-refractivity contribution in [2.24, 2.45) is 0 Å². The molecule has 0 aromatic heterocycles. The summed E-state index contributed by atoms with van der Waals surface area (Å²) in [5.74, 6) is 0. The van der Waals surface area contributed by atoms with Crippen molar-refractivity contribution in [1.29, 1.82) is 0 Å². The molecule has 0 amide bonds. The first-order valence-corrected chi connectivity index (χ1v) is 3.68. The summed E-state index contributed by atoms with van der Waals surface area (Å²) in [6, 6.07) is 0. The Morgan fingerprint density at radius 3 is 2.82 bits per heavy atom. The summed E-state index contributed by atoms with van der Waals surface area (Å²) in [4.78, 5) is 0. The fourth-order valence-corrected chi connectivity index (χ4v) is 1.16. The first-order chi connectivity index (χ1) is 4.83. The number of nitrogens with one attached hydrogen (secondary N) is 1. The van der Waals surface area contributed by atoms with Crippen molar-refractivity contribution in [3.63, 3.8) is 0 Å². The van der Waals surface area contributed by atoms with Crippen molar-refractivity contribution in [3.8, 4) is 0 Å². The molecular formula is C7H16ClNO2. The van der Waals surface area contributed by atoms with Crippen LogP contribution >= 0.6 is 12.4 Å². The van der Waals surface area contributed by atoms with Gasteiger partial charge in [-0.2, -0.15) is 0 Å². The van der Waals surface area contributed by atoms with Gasteiger partial charge in [0.2, 0.25) is 0 Å². The Kier molecular flexibility index (Phi) is 5.86. The predicted octanol–water partition coefficient (Wildman–Crippen LogP) is 0.432. The van der Waals surface area contributed by atoms with Crippen LogP contribution in [-0.2, 0) is 9.47 Å². The standard InChI is InChI=1S/C7H15NO2.ClH/c1-6-3-8-4-7(10-6)5-9-2;/h6-8H,3-5H2,1-2H3;1H/t6?,7-;/m0./s1. The maximum atomic E-state index is 5.54. The van der Waals surface area contributed by atoms with Crippen molar-refractivity contribution in [2.75, 3.05) is 26.8 Å². The van der Waals surface area contributed by atoms with Gasteiger partial charge in [0.15, 0.2) is 0 Å². The molecule has 2 atom stereocenters. The van der Waals surface area contributed by atoms with Gasteiger partial charge in [0.05, 0.1) is 18.8 Å². The Morgan fingerprint density at radius 2 is 2.27 bits per heavy atom. The number of halogens is 1. The van der Waals surface area contributed by atoms with Crippen molar-refractivity contribution >= 4 is 12.4 Å². The molecule has 0 aliphatic carbocycles. The maximum Gasteiger partial charge on any atom is 0.0936 e. The third kappa shape index (κ3) is 3.91. The van der Waals surface area contributed by atoms with Crippen molar-refractivity contribution in [1.82, 2.24) is 5.32 Å². The van der Waals surface area contributed by atoms with Gasteiger partial charge in [-0.15, -0.1) is 12.4 Å². The minimum Gasteiger partial charge on any atom is -0.382 e. The largest absolute Gasteiger partial charge is 0.382 e. The fourth-order valence-electron chi connectivity index (χ4n) is 1.16. The summed E-state index contributed by atoms with van der Waals surface area (Å²) in [5.41, 5.74) is 0. The molecule has 1 saturated heterocycles. The van der Waals surface area contributed by atoms with Gasteiger partial charge in [0.25, 0.3) is 0 Å². The van der Waals surface area contributed by atoms with Gasteiger partial charge in [-0.05, 0) is 6.92 Å². The molecule has 68 valence electrons. The quantitative estimate of drug-likeness (QED) is 0.671. The lowest BCUT2D eigenvalue weighted by Crippen LogP contribution is -2.45. The molecule has 1 heterocycles. The van der Waals surface area contributed by atoms with E-state index in [2.05, 4.69) is 12.2 Å². The zero-order chi connectivity index (χ0) is 7.40. The number of morpholine rings is 1. The molecule has 1 N–H and O–H groups in total. The smallest absolute Gasteiger partial charge is 0.0936 e. The summed E-state index contributed by atoms with van der Waals surface area (Å²) in [6.07, 6.45) is 0.572. The lowest BCUT2D eigenvalue weighted by Gasteiger charge is -2.27. The molecule has 0 spiro atoms. The van der Waals surface area contributed by atoms with E-state index in [4.69, 9.17) is 9.47 Å². The topological polar surface area (TPSA) is 30.5 Å². The zero-order valence-electron chi connectivity index (χ0n) is 7.00. The van der Waals surface area contributed by atoms with Crippen LogP contribution in [0.15, 0.2) is 0 Å². The summed E-state index contributed by atoms with van der Waals surface area (Å²) in [5, 5.41) is 3.26. The van der Waals surface area contributed by atoms with Crippen molar-refractivity contribution < 1.29 is 9.47 Å². The Bertz CT molecular complexity index is 100. The number of hydrogen-bond acceptors (Lipinski definition) is 3. The van der Waals surface area contributed by atoms with Crippen molar-refractivity contribution in [3.05, 3.63) is 0 Å².